The number of benzene rings is 1. The van der Waals surface area contributed by atoms with Gasteiger partial charge in [0.25, 0.3) is 0 Å². The van der Waals surface area contributed by atoms with Gasteiger partial charge in [-0.3, -0.25) is 4.79 Å². The van der Waals surface area contributed by atoms with Crippen LogP contribution in [0.4, 0.5) is 0 Å². The average molecular weight is 381 g/mol. The number of nitrogens with zero attached hydrogens (tertiary/aromatic N) is 1. The molecule has 2 aliphatic heterocycles. The maximum Gasteiger partial charge on any atom is 0.223 e. The van der Waals surface area contributed by atoms with Gasteiger partial charge in [0.15, 0.2) is 0 Å². The molecule has 2 fully saturated rings. The van der Waals surface area contributed by atoms with E-state index in [1.165, 1.54) is 18.4 Å². The lowest BCUT2D eigenvalue weighted by Gasteiger charge is -2.32. The van der Waals surface area contributed by atoms with Crippen LogP contribution >= 0.6 is 12.4 Å². The number of ether oxygens (including phenoxy) is 1. The van der Waals surface area contributed by atoms with Gasteiger partial charge in [0.1, 0.15) is 0 Å². The molecule has 4 nitrogen and oxygen atoms in total. The summed E-state index contributed by atoms with van der Waals surface area (Å²) in [7, 11) is 0. The van der Waals surface area contributed by atoms with Crippen molar-refractivity contribution in [2.24, 2.45) is 11.8 Å². The number of hydrogen-bond donors (Lipinski definition) is 1. The van der Waals surface area contributed by atoms with Crippen molar-refractivity contribution in [3.63, 3.8) is 0 Å². The minimum atomic E-state index is 0. The second kappa shape index (κ2) is 10.9. The van der Waals surface area contributed by atoms with Crippen LogP contribution in [-0.2, 0) is 16.0 Å². The first kappa shape index (κ1) is 21.2. The Balaban J connectivity index is 0.00000243. The van der Waals surface area contributed by atoms with Crippen molar-refractivity contribution >= 4 is 18.3 Å². The third kappa shape index (κ3) is 5.97. The average Bonchev–Trinajstić information content (AvgIpc) is 3.18. The first-order chi connectivity index (χ1) is 12.2. The zero-order chi connectivity index (χ0) is 17.5. The molecular weight excluding hydrogens is 348 g/mol. The number of carbonyl (C=O) groups is 1. The number of carbonyl (C=O) groups excluding carboxylic acids is 1. The first-order valence-electron chi connectivity index (χ1n) is 9.86. The van der Waals surface area contributed by atoms with Crippen LogP contribution in [0.2, 0.25) is 0 Å². The molecular formula is C21H33ClN2O2. The van der Waals surface area contributed by atoms with Gasteiger partial charge in [-0.15, -0.1) is 12.4 Å². The van der Waals surface area contributed by atoms with Gasteiger partial charge in [0.05, 0.1) is 12.6 Å². The van der Waals surface area contributed by atoms with Crippen molar-refractivity contribution < 1.29 is 9.53 Å². The molecule has 3 atom stereocenters. The molecule has 5 heteroatoms. The molecule has 1 amide bonds. The van der Waals surface area contributed by atoms with Crippen LogP contribution < -0.4 is 5.32 Å². The highest BCUT2D eigenvalue weighted by molar-refractivity contribution is 5.85. The van der Waals surface area contributed by atoms with Gasteiger partial charge < -0.3 is 15.0 Å². The fourth-order valence-corrected chi connectivity index (χ4v) is 4.10. The summed E-state index contributed by atoms with van der Waals surface area (Å²) in [6, 6.07) is 10.7. The molecule has 0 aliphatic carbocycles. The van der Waals surface area contributed by atoms with Gasteiger partial charge in [-0.05, 0) is 56.2 Å². The van der Waals surface area contributed by atoms with Crippen LogP contribution in [0.15, 0.2) is 30.3 Å². The van der Waals surface area contributed by atoms with Crippen LogP contribution in [0.3, 0.4) is 0 Å². The highest BCUT2D eigenvalue weighted by Gasteiger charge is 2.30. The number of halogens is 1. The SMILES string of the molecule is CC(CC(=O)N(CCc1ccccc1)C1CCOC1)C1CCCNC1.Cl. The fraction of sp³-hybridized carbons (Fsp3) is 0.667. The molecule has 0 bridgehead atoms. The van der Waals surface area contributed by atoms with Crippen molar-refractivity contribution in [3.05, 3.63) is 35.9 Å². The van der Waals surface area contributed by atoms with E-state index in [-0.39, 0.29) is 18.4 Å². The van der Waals surface area contributed by atoms with Gasteiger partial charge in [-0.2, -0.15) is 0 Å². The topological polar surface area (TPSA) is 41.6 Å². The lowest BCUT2D eigenvalue weighted by molar-refractivity contribution is -0.135. The Morgan fingerprint density at radius 2 is 2.12 bits per heavy atom. The fourth-order valence-electron chi connectivity index (χ4n) is 4.10. The first-order valence-corrected chi connectivity index (χ1v) is 9.86. The molecule has 3 unspecified atom stereocenters. The molecule has 26 heavy (non-hydrogen) atoms. The Morgan fingerprint density at radius 1 is 1.31 bits per heavy atom. The third-order valence-corrected chi connectivity index (χ3v) is 5.79. The normalized spacial score (nSPS) is 23.9. The molecule has 0 aromatic heterocycles. The molecule has 0 spiro atoms. The van der Waals surface area contributed by atoms with Crippen LogP contribution in [0.25, 0.3) is 0 Å². The highest BCUT2D eigenvalue weighted by atomic mass is 35.5. The van der Waals surface area contributed by atoms with Gasteiger partial charge in [-0.25, -0.2) is 0 Å². The Hall–Kier alpha value is -1.10. The van der Waals surface area contributed by atoms with E-state index < -0.39 is 0 Å². The van der Waals surface area contributed by atoms with E-state index in [4.69, 9.17) is 4.74 Å². The number of amides is 1. The highest BCUT2D eigenvalue weighted by Crippen LogP contribution is 2.24. The van der Waals surface area contributed by atoms with Gasteiger partial charge >= 0.3 is 0 Å². The predicted molar refractivity (Wildman–Crippen MR) is 108 cm³/mol. The molecule has 2 aliphatic rings. The van der Waals surface area contributed by atoms with E-state index in [0.29, 0.717) is 30.8 Å². The summed E-state index contributed by atoms with van der Waals surface area (Å²) < 4.78 is 5.56. The molecule has 1 aromatic rings. The molecule has 2 heterocycles. The van der Waals surface area contributed by atoms with Crippen LogP contribution in [0.5, 0.6) is 0 Å². The monoisotopic (exact) mass is 380 g/mol. The lowest BCUT2D eigenvalue weighted by atomic mass is 9.85. The summed E-state index contributed by atoms with van der Waals surface area (Å²) in [4.78, 5) is 15.2. The molecule has 2 saturated heterocycles. The Morgan fingerprint density at radius 3 is 2.77 bits per heavy atom. The summed E-state index contributed by atoms with van der Waals surface area (Å²) in [5, 5.41) is 3.48. The van der Waals surface area contributed by atoms with Gasteiger partial charge in [0, 0.05) is 19.6 Å². The Bertz CT molecular complexity index is 528. The van der Waals surface area contributed by atoms with E-state index >= 15 is 0 Å². The lowest BCUT2D eigenvalue weighted by Crippen LogP contribution is -2.43. The van der Waals surface area contributed by atoms with Crippen LogP contribution in [0.1, 0.15) is 38.2 Å². The molecule has 0 saturated carbocycles. The summed E-state index contributed by atoms with van der Waals surface area (Å²) in [6.45, 7) is 6.70. The van der Waals surface area contributed by atoms with E-state index in [9.17, 15) is 4.79 Å². The summed E-state index contributed by atoms with van der Waals surface area (Å²) >= 11 is 0. The number of nitrogens with one attached hydrogen (secondary N) is 1. The van der Waals surface area contributed by atoms with E-state index in [1.54, 1.807) is 0 Å². The minimum Gasteiger partial charge on any atom is -0.379 e. The summed E-state index contributed by atoms with van der Waals surface area (Å²) in [5.74, 6) is 1.39. The number of hydrogen-bond acceptors (Lipinski definition) is 3. The smallest absolute Gasteiger partial charge is 0.223 e. The quantitative estimate of drug-likeness (QED) is 0.789. The van der Waals surface area contributed by atoms with Crippen molar-refractivity contribution in [2.75, 3.05) is 32.8 Å². The van der Waals surface area contributed by atoms with E-state index in [1.807, 2.05) is 6.07 Å². The van der Waals surface area contributed by atoms with Crippen LogP contribution in [-0.4, -0.2) is 49.7 Å². The number of piperidine rings is 1. The van der Waals surface area contributed by atoms with E-state index in [0.717, 1.165) is 39.1 Å². The standard InChI is InChI=1S/C21H32N2O2.ClH/c1-17(19-8-5-11-22-15-19)14-21(24)23(20-10-13-25-16-20)12-9-18-6-3-2-4-7-18;/h2-4,6-7,17,19-20,22H,5,8-16H2,1H3;1H. The van der Waals surface area contributed by atoms with Crippen molar-refractivity contribution in [1.29, 1.82) is 0 Å². The van der Waals surface area contributed by atoms with Crippen molar-refractivity contribution in [3.8, 4) is 0 Å². The molecule has 1 N–H and O–H groups in total. The van der Waals surface area contributed by atoms with Crippen LogP contribution in [0, 0.1) is 11.8 Å². The molecule has 1 aromatic carbocycles. The zero-order valence-corrected chi connectivity index (χ0v) is 16.7. The largest absolute Gasteiger partial charge is 0.379 e. The molecule has 0 radical (unpaired) electrons. The van der Waals surface area contributed by atoms with Crippen molar-refractivity contribution in [1.82, 2.24) is 10.2 Å². The maximum absolute atomic E-state index is 13.1. The third-order valence-electron chi connectivity index (χ3n) is 5.79. The second-order valence-electron chi connectivity index (χ2n) is 7.63. The molecule has 3 rings (SSSR count). The Labute approximate surface area is 164 Å². The summed E-state index contributed by atoms with van der Waals surface area (Å²) in [6.07, 6.45) is 5.04. The summed E-state index contributed by atoms with van der Waals surface area (Å²) in [5.41, 5.74) is 1.30. The maximum atomic E-state index is 13.1. The van der Waals surface area contributed by atoms with Gasteiger partial charge in [-0.1, -0.05) is 37.3 Å². The zero-order valence-electron chi connectivity index (χ0n) is 15.9. The Kier molecular flexibility index (Phi) is 8.89. The second-order valence-corrected chi connectivity index (χ2v) is 7.63. The van der Waals surface area contributed by atoms with E-state index in [2.05, 4.69) is 41.4 Å². The molecule has 146 valence electrons. The van der Waals surface area contributed by atoms with Gasteiger partial charge in [0.2, 0.25) is 5.91 Å². The number of rotatable bonds is 7. The predicted octanol–water partition coefficient (Wildman–Crippen LogP) is 3.29. The van der Waals surface area contributed by atoms with Crippen molar-refractivity contribution in [2.45, 2.75) is 45.1 Å². The minimum absolute atomic E-state index is 0.